The van der Waals surface area contributed by atoms with Gasteiger partial charge >= 0.3 is 27.7 Å². The fraction of sp³-hybridized carbons (Fsp3) is 0.733. The second kappa shape index (κ2) is 7.95. The lowest BCUT2D eigenvalue weighted by Gasteiger charge is -2.42. The number of piperidine rings is 1. The van der Waals surface area contributed by atoms with Gasteiger partial charge in [0.25, 0.3) is 0 Å². The Kier molecular flexibility index (Phi) is 6.28. The number of carbonyl (C=O) groups is 2. The third kappa shape index (κ3) is 4.66. The first-order chi connectivity index (χ1) is 12.5. The quantitative estimate of drug-likeness (QED) is 0.394. The maximum absolute atomic E-state index is 12.5. The van der Waals surface area contributed by atoms with Gasteiger partial charge in [0.2, 0.25) is 0 Å². The normalized spacial score (nSPS) is 25.9. The van der Waals surface area contributed by atoms with Crippen LogP contribution in [-0.2, 0) is 28.6 Å². The van der Waals surface area contributed by atoms with E-state index in [0.29, 0.717) is 6.42 Å². The highest BCUT2D eigenvalue weighted by Gasteiger charge is 2.50. The van der Waals surface area contributed by atoms with Crippen LogP contribution in [-0.4, -0.2) is 57.2 Å². The summed E-state index contributed by atoms with van der Waals surface area (Å²) in [6.07, 6.45) is 0.912. The Morgan fingerprint density at radius 2 is 2.00 bits per heavy atom. The molecule has 8 nitrogen and oxygen atoms in total. The van der Waals surface area contributed by atoms with Gasteiger partial charge in [-0.1, -0.05) is 0 Å². The van der Waals surface area contributed by atoms with E-state index in [9.17, 15) is 31.2 Å². The zero-order chi connectivity index (χ0) is 20.4. The molecule has 0 saturated carbocycles. The van der Waals surface area contributed by atoms with Gasteiger partial charge in [-0.25, -0.2) is 9.59 Å². The number of ether oxygens (including phenoxy) is 2. The molecule has 0 aromatic heterocycles. The van der Waals surface area contributed by atoms with Crippen molar-refractivity contribution in [2.75, 3.05) is 20.3 Å². The summed E-state index contributed by atoms with van der Waals surface area (Å²) in [4.78, 5) is 25.4. The number of alkyl halides is 3. The third-order valence-corrected chi connectivity index (χ3v) is 5.54. The summed E-state index contributed by atoms with van der Waals surface area (Å²) >= 11 is 0. The van der Waals surface area contributed by atoms with E-state index < -0.39 is 39.6 Å². The molecule has 1 saturated heterocycles. The maximum atomic E-state index is 12.5. The molecule has 1 fully saturated rings. The van der Waals surface area contributed by atoms with Crippen LogP contribution in [0.15, 0.2) is 11.8 Å². The van der Waals surface area contributed by atoms with Crippen LogP contribution >= 0.6 is 0 Å². The fourth-order valence-electron chi connectivity index (χ4n) is 3.29. The van der Waals surface area contributed by atoms with E-state index in [2.05, 4.69) is 8.92 Å². The Labute approximate surface area is 154 Å². The Bertz CT molecular complexity index is 719. The number of allylic oxidation sites excluding steroid dienone is 2. The lowest BCUT2D eigenvalue weighted by Crippen LogP contribution is -2.54. The predicted octanol–water partition coefficient (Wildman–Crippen LogP) is 2.17. The third-order valence-electron chi connectivity index (χ3n) is 4.54. The van der Waals surface area contributed by atoms with E-state index in [0.717, 1.165) is 0 Å². The zero-order valence-electron chi connectivity index (χ0n) is 14.7. The number of esters is 1. The molecule has 0 spiro atoms. The molecule has 0 unspecified atom stereocenters. The number of rotatable bonds is 4. The number of nitrogens with zero attached hydrogens (tertiary/aromatic N) is 1. The molecule has 1 amide bonds. The Morgan fingerprint density at radius 3 is 2.56 bits per heavy atom. The van der Waals surface area contributed by atoms with Gasteiger partial charge in [0.1, 0.15) is 11.8 Å². The standard InChI is InChI=1S/C15H20F3NO7S/c1-3-25-13(20)12-7-10-6-11(26-27(22,23)15(16,17)18)5-4-9(10)8-19(12)14(21)24-2/h6,9-10,12H,3-5,7-8H2,1-2H3/t9-,10+,12-/m0/s1. The number of hydrogen-bond donors (Lipinski definition) is 0. The highest BCUT2D eigenvalue weighted by Crippen LogP contribution is 2.39. The van der Waals surface area contributed by atoms with Gasteiger partial charge in [-0.15, -0.1) is 0 Å². The smallest absolute Gasteiger partial charge is 0.464 e. The first-order valence-corrected chi connectivity index (χ1v) is 9.63. The number of fused-ring (bicyclic) bond motifs is 1. The molecule has 154 valence electrons. The number of amides is 1. The van der Waals surface area contributed by atoms with Crippen molar-refractivity contribution in [3.05, 3.63) is 11.8 Å². The molecule has 1 heterocycles. The Hall–Kier alpha value is -1.98. The molecule has 1 aliphatic heterocycles. The van der Waals surface area contributed by atoms with E-state index in [1.54, 1.807) is 6.92 Å². The second-order valence-corrected chi connectivity index (χ2v) is 7.74. The van der Waals surface area contributed by atoms with Gasteiger partial charge in [0, 0.05) is 13.0 Å². The number of likely N-dealkylation sites (tertiary alicyclic amines) is 1. The lowest BCUT2D eigenvalue weighted by molar-refractivity contribution is -0.151. The summed E-state index contributed by atoms with van der Waals surface area (Å²) in [6.45, 7) is 1.82. The van der Waals surface area contributed by atoms with E-state index >= 15 is 0 Å². The van der Waals surface area contributed by atoms with Crippen LogP contribution in [0.4, 0.5) is 18.0 Å². The number of hydrogen-bond acceptors (Lipinski definition) is 7. The predicted molar refractivity (Wildman–Crippen MR) is 84.5 cm³/mol. The van der Waals surface area contributed by atoms with E-state index in [1.165, 1.54) is 18.1 Å². The molecule has 3 atom stereocenters. The van der Waals surface area contributed by atoms with Gasteiger partial charge < -0.3 is 13.7 Å². The zero-order valence-corrected chi connectivity index (χ0v) is 15.5. The maximum Gasteiger partial charge on any atom is 0.534 e. The largest absolute Gasteiger partial charge is 0.534 e. The van der Waals surface area contributed by atoms with Crippen LogP contribution < -0.4 is 0 Å². The van der Waals surface area contributed by atoms with Crippen molar-refractivity contribution in [2.45, 2.75) is 37.7 Å². The molecule has 0 bridgehead atoms. The first kappa shape index (κ1) is 21.3. The van der Waals surface area contributed by atoms with Crippen molar-refractivity contribution >= 4 is 22.2 Å². The monoisotopic (exact) mass is 415 g/mol. The Morgan fingerprint density at radius 1 is 1.33 bits per heavy atom. The highest BCUT2D eigenvalue weighted by atomic mass is 32.2. The molecule has 2 rings (SSSR count). The van der Waals surface area contributed by atoms with Crippen LogP contribution in [0.3, 0.4) is 0 Å². The number of halogens is 3. The highest BCUT2D eigenvalue weighted by molar-refractivity contribution is 7.87. The molecule has 0 N–H and O–H groups in total. The molecule has 0 aromatic carbocycles. The van der Waals surface area contributed by atoms with Crippen molar-refractivity contribution in [1.29, 1.82) is 0 Å². The average molecular weight is 415 g/mol. The minimum atomic E-state index is -5.75. The van der Waals surface area contributed by atoms with Gasteiger partial charge in [0.05, 0.1) is 13.7 Å². The number of methoxy groups -OCH3 is 1. The van der Waals surface area contributed by atoms with E-state index in [-0.39, 0.29) is 37.7 Å². The molecule has 27 heavy (non-hydrogen) atoms. The summed E-state index contributed by atoms with van der Waals surface area (Å²) in [5.41, 5.74) is -5.52. The molecule has 0 aromatic rings. The summed E-state index contributed by atoms with van der Waals surface area (Å²) in [5, 5.41) is 0. The molecular weight excluding hydrogens is 395 g/mol. The minimum absolute atomic E-state index is 0.0322. The van der Waals surface area contributed by atoms with Gasteiger partial charge in [-0.05, 0) is 37.7 Å². The van der Waals surface area contributed by atoms with Gasteiger partial charge in [-0.3, -0.25) is 4.90 Å². The fourth-order valence-corrected chi connectivity index (χ4v) is 3.81. The van der Waals surface area contributed by atoms with Crippen LogP contribution in [0.1, 0.15) is 26.2 Å². The topological polar surface area (TPSA) is 99.2 Å². The summed E-state index contributed by atoms with van der Waals surface area (Å²) < 4.78 is 73.7. The summed E-state index contributed by atoms with van der Waals surface area (Å²) in [5.74, 6) is -1.59. The SMILES string of the molecule is CCOC(=O)[C@@H]1C[C@H]2C=C(OS(=O)(=O)C(F)(F)F)CC[C@H]2CN1C(=O)OC. The van der Waals surface area contributed by atoms with Crippen molar-refractivity contribution in [2.24, 2.45) is 11.8 Å². The van der Waals surface area contributed by atoms with Crippen LogP contribution in [0.5, 0.6) is 0 Å². The molecular formula is C15H20F3NO7S. The van der Waals surface area contributed by atoms with Crippen LogP contribution in [0, 0.1) is 11.8 Å². The first-order valence-electron chi connectivity index (χ1n) is 8.22. The molecule has 2 aliphatic rings. The van der Waals surface area contributed by atoms with Crippen molar-refractivity contribution in [1.82, 2.24) is 4.90 Å². The van der Waals surface area contributed by atoms with Crippen molar-refractivity contribution < 1.29 is 44.8 Å². The lowest BCUT2D eigenvalue weighted by atomic mass is 9.76. The van der Waals surface area contributed by atoms with E-state index in [1.807, 2.05) is 0 Å². The van der Waals surface area contributed by atoms with Gasteiger partial charge in [0.15, 0.2) is 0 Å². The minimum Gasteiger partial charge on any atom is -0.464 e. The molecule has 0 radical (unpaired) electrons. The van der Waals surface area contributed by atoms with Crippen LogP contribution in [0.25, 0.3) is 0 Å². The van der Waals surface area contributed by atoms with Crippen molar-refractivity contribution in [3.8, 4) is 0 Å². The van der Waals surface area contributed by atoms with Gasteiger partial charge in [-0.2, -0.15) is 21.6 Å². The van der Waals surface area contributed by atoms with Crippen LogP contribution in [0.2, 0.25) is 0 Å². The molecule has 1 aliphatic carbocycles. The second-order valence-electron chi connectivity index (χ2n) is 6.20. The average Bonchev–Trinajstić information content (AvgIpc) is 2.58. The number of carbonyl (C=O) groups excluding carboxylic acids is 2. The summed E-state index contributed by atoms with van der Waals surface area (Å²) in [7, 11) is -4.57. The van der Waals surface area contributed by atoms with E-state index in [4.69, 9.17) is 4.74 Å². The summed E-state index contributed by atoms with van der Waals surface area (Å²) in [6, 6.07) is -0.978. The molecule has 12 heteroatoms. The Balaban J connectivity index is 2.22. The van der Waals surface area contributed by atoms with Crippen molar-refractivity contribution in [3.63, 3.8) is 0 Å².